The summed E-state index contributed by atoms with van der Waals surface area (Å²) in [6.07, 6.45) is 5.93. The van der Waals surface area contributed by atoms with Crippen molar-refractivity contribution in [3.63, 3.8) is 0 Å². The SMILES string of the molecule is CCN(C(=O)COC(=O)c1cc(S(C)(=O)=O)ccc1C)C1=CCCC1. The van der Waals surface area contributed by atoms with Crippen molar-refractivity contribution in [1.82, 2.24) is 4.90 Å². The van der Waals surface area contributed by atoms with Crippen LogP contribution in [0.25, 0.3) is 0 Å². The van der Waals surface area contributed by atoms with Crippen LogP contribution in [0.15, 0.2) is 34.9 Å². The van der Waals surface area contributed by atoms with Crippen molar-refractivity contribution in [2.75, 3.05) is 19.4 Å². The Bertz CT molecular complexity index is 811. The van der Waals surface area contributed by atoms with E-state index in [0.717, 1.165) is 31.2 Å². The highest BCUT2D eigenvalue weighted by Gasteiger charge is 2.21. The molecular formula is C18H23NO5S. The summed E-state index contributed by atoms with van der Waals surface area (Å²) in [7, 11) is -3.43. The Hall–Kier alpha value is -2.15. The van der Waals surface area contributed by atoms with Crippen LogP contribution in [0.1, 0.15) is 42.1 Å². The summed E-state index contributed by atoms with van der Waals surface area (Å²) in [5.41, 5.74) is 1.72. The van der Waals surface area contributed by atoms with Crippen molar-refractivity contribution in [3.8, 4) is 0 Å². The Morgan fingerprint density at radius 2 is 2.00 bits per heavy atom. The van der Waals surface area contributed by atoms with E-state index in [1.807, 2.05) is 13.0 Å². The molecule has 25 heavy (non-hydrogen) atoms. The van der Waals surface area contributed by atoms with E-state index in [-0.39, 0.29) is 23.0 Å². The van der Waals surface area contributed by atoms with Crippen LogP contribution in [-0.2, 0) is 19.4 Å². The maximum atomic E-state index is 12.3. The number of hydrogen-bond acceptors (Lipinski definition) is 5. The van der Waals surface area contributed by atoms with Gasteiger partial charge in [-0.1, -0.05) is 12.1 Å². The maximum Gasteiger partial charge on any atom is 0.338 e. The Labute approximate surface area is 148 Å². The Morgan fingerprint density at radius 3 is 2.56 bits per heavy atom. The number of nitrogens with zero attached hydrogens (tertiary/aromatic N) is 1. The molecule has 0 atom stereocenters. The first-order valence-corrected chi connectivity index (χ1v) is 10.1. The summed E-state index contributed by atoms with van der Waals surface area (Å²) < 4.78 is 28.4. The van der Waals surface area contributed by atoms with Gasteiger partial charge in [0.15, 0.2) is 16.4 Å². The molecule has 7 heteroatoms. The van der Waals surface area contributed by atoms with E-state index >= 15 is 0 Å². The number of esters is 1. The minimum absolute atomic E-state index is 0.0441. The fourth-order valence-electron chi connectivity index (χ4n) is 2.77. The average Bonchev–Trinajstić information content (AvgIpc) is 3.06. The highest BCUT2D eigenvalue weighted by Crippen LogP contribution is 2.22. The standard InChI is InChI=1S/C18H23NO5S/c1-4-19(14-7-5-6-8-14)17(20)12-24-18(21)16-11-15(25(3,22)23)10-9-13(16)2/h7,9-11H,4-6,8,12H2,1-3H3. The van der Waals surface area contributed by atoms with E-state index in [9.17, 15) is 18.0 Å². The zero-order valence-electron chi connectivity index (χ0n) is 14.7. The van der Waals surface area contributed by atoms with Gasteiger partial charge in [-0.05, 0) is 50.8 Å². The molecule has 0 heterocycles. The van der Waals surface area contributed by atoms with Gasteiger partial charge >= 0.3 is 5.97 Å². The van der Waals surface area contributed by atoms with Gasteiger partial charge in [-0.25, -0.2) is 13.2 Å². The summed E-state index contributed by atoms with van der Waals surface area (Å²) in [4.78, 5) is 26.3. The van der Waals surface area contributed by atoms with Crippen molar-refractivity contribution in [2.24, 2.45) is 0 Å². The van der Waals surface area contributed by atoms with Crippen LogP contribution in [0.5, 0.6) is 0 Å². The normalized spacial score (nSPS) is 14.1. The number of amides is 1. The van der Waals surface area contributed by atoms with Gasteiger partial charge in [0.05, 0.1) is 10.5 Å². The highest BCUT2D eigenvalue weighted by molar-refractivity contribution is 7.90. The first kappa shape index (κ1) is 19.2. The molecule has 0 spiro atoms. The topological polar surface area (TPSA) is 80.8 Å². The molecule has 1 aromatic carbocycles. The number of carbonyl (C=O) groups excluding carboxylic acids is 2. The minimum atomic E-state index is -3.43. The fourth-order valence-corrected chi connectivity index (χ4v) is 3.42. The van der Waals surface area contributed by atoms with E-state index < -0.39 is 15.8 Å². The van der Waals surface area contributed by atoms with Crippen LogP contribution in [0.3, 0.4) is 0 Å². The van der Waals surface area contributed by atoms with E-state index in [4.69, 9.17) is 4.74 Å². The first-order chi connectivity index (χ1) is 11.7. The quantitative estimate of drug-likeness (QED) is 0.724. The fraction of sp³-hybridized carbons (Fsp3) is 0.444. The zero-order chi connectivity index (χ0) is 18.6. The zero-order valence-corrected chi connectivity index (χ0v) is 15.6. The number of benzene rings is 1. The number of ether oxygens (including phenoxy) is 1. The Morgan fingerprint density at radius 1 is 1.28 bits per heavy atom. The third-order valence-corrected chi connectivity index (χ3v) is 5.28. The molecule has 0 aromatic heterocycles. The van der Waals surface area contributed by atoms with Crippen LogP contribution < -0.4 is 0 Å². The number of aryl methyl sites for hydroxylation is 1. The van der Waals surface area contributed by atoms with E-state index in [1.165, 1.54) is 12.1 Å². The molecule has 6 nitrogen and oxygen atoms in total. The molecule has 1 aromatic rings. The average molecular weight is 365 g/mol. The second kappa shape index (κ2) is 7.82. The van der Waals surface area contributed by atoms with Gasteiger partial charge < -0.3 is 9.64 Å². The predicted octanol–water partition coefficient (Wildman–Crippen LogP) is 2.47. The number of sulfone groups is 1. The molecule has 0 bridgehead atoms. The molecule has 0 saturated heterocycles. The number of hydrogen-bond donors (Lipinski definition) is 0. The third kappa shape index (κ3) is 4.69. The van der Waals surface area contributed by atoms with Gasteiger partial charge in [-0.3, -0.25) is 4.79 Å². The smallest absolute Gasteiger partial charge is 0.338 e. The molecule has 0 saturated carbocycles. The summed E-state index contributed by atoms with van der Waals surface area (Å²) >= 11 is 0. The maximum absolute atomic E-state index is 12.3. The largest absolute Gasteiger partial charge is 0.452 e. The lowest BCUT2D eigenvalue weighted by molar-refractivity contribution is -0.132. The molecular weight excluding hydrogens is 342 g/mol. The second-order valence-corrected chi connectivity index (χ2v) is 8.07. The Kier molecular flexibility index (Phi) is 6.00. The highest BCUT2D eigenvalue weighted by atomic mass is 32.2. The minimum Gasteiger partial charge on any atom is -0.452 e. The summed E-state index contributed by atoms with van der Waals surface area (Å²) in [5.74, 6) is -0.978. The summed E-state index contributed by atoms with van der Waals surface area (Å²) in [6.45, 7) is 3.71. The first-order valence-electron chi connectivity index (χ1n) is 8.21. The van der Waals surface area contributed by atoms with Crippen LogP contribution in [0, 0.1) is 6.92 Å². The van der Waals surface area contributed by atoms with Gasteiger partial charge in [-0.15, -0.1) is 0 Å². The summed E-state index contributed by atoms with van der Waals surface area (Å²) in [5, 5.41) is 0. The number of carbonyl (C=O) groups is 2. The number of rotatable bonds is 6. The van der Waals surface area contributed by atoms with Crippen molar-refractivity contribution < 1.29 is 22.7 Å². The van der Waals surface area contributed by atoms with E-state index in [0.29, 0.717) is 12.1 Å². The van der Waals surface area contributed by atoms with Crippen LogP contribution in [-0.4, -0.2) is 44.6 Å². The number of likely N-dealkylation sites (N-methyl/N-ethyl adjacent to an activating group) is 1. The molecule has 0 aliphatic heterocycles. The third-order valence-electron chi connectivity index (χ3n) is 4.16. The lowest BCUT2D eigenvalue weighted by Crippen LogP contribution is -2.33. The molecule has 0 N–H and O–H groups in total. The molecule has 1 aliphatic carbocycles. The van der Waals surface area contributed by atoms with Gasteiger partial charge in [0.25, 0.3) is 5.91 Å². The lowest BCUT2D eigenvalue weighted by Gasteiger charge is -2.22. The molecule has 0 fully saturated rings. The molecule has 2 rings (SSSR count). The molecule has 1 aliphatic rings. The van der Waals surface area contributed by atoms with Gasteiger partial charge in [0.2, 0.25) is 0 Å². The van der Waals surface area contributed by atoms with Crippen molar-refractivity contribution in [2.45, 2.75) is 38.0 Å². The van der Waals surface area contributed by atoms with Crippen molar-refractivity contribution >= 4 is 21.7 Å². The molecule has 0 unspecified atom stereocenters. The number of allylic oxidation sites excluding steroid dienone is 2. The van der Waals surface area contributed by atoms with E-state index in [1.54, 1.807) is 17.9 Å². The van der Waals surface area contributed by atoms with Gasteiger partial charge in [0.1, 0.15) is 0 Å². The Balaban J connectivity index is 2.08. The second-order valence-electron chi connectivity index (χ2n) is 6.05. The van der Waals surface area contributed by atoms with Gasteiger partial charge in [0, 0.05) is 18.5 Å². The lowest BCUT2D eigenvalue weighted by atomic mass is 10.1. The monoisotopic (exact) mass is 365 g/mol. The molecule has 0 radical (unpaired) electrons. The molecule has 1 amide bonds. The van der Waals surface area contributed by atoms with E-state index in [2.05, 4.69) is 0 Å². The summed E-state index contributed by atoms with van der Waals surface area (Å²) in [6, 6.07) is 4.28. The van der Waals surface area contributed by atoms with Crippen molar-refractivity contribution in [1.29, 1.82) is 0 Å². The predicted molar refractivity (Wildman–Crippen MR) is 93.9 cm³/mol. The van der Waals surface area contributed by atoms with Crippen LogP contribution >= 0.6 is 0 Å². The van der Waals surface area contributed by atoms with Crippen LogP contribution in [0.4, 0.5) is 0 Å². The van der Waals surface area contributed by atoms with Crippen molar-refractivity contribution in [3.05, 3.63) is 41.1 Å². The van der Waals surface area contributed by atoms with Gasteiger partial charge in [-0.2, -0.15) is 0 Å². The van der Waals surface area contributed by atoms with Crippen LogP contribution in [0.2, 0.25) is 0 Å². The molecule has 136 valence electrons.